The highest BCUT2D eigenvalue weighted by molar-refractivity contribution is 7.99. The van der Waals surface area contributed by atoms with Crippen LogP contribution in [0.15, 0.2) is 30.4 Å². The van der Waals surface area contributed by atoms with Crippen molar-refractivity contribution < 1.29 is 33.4 Å². The lowest BCUT2D eigenvalue weighted by Gasteiger charge is -2.29. The van der Waals surface area contributed by atoms with Gasteiger partial charge in [-0.15, -0.1) is 0 Å². The van der Waals surface area contributed by atoms with Gasteiger partial charge in [0.25, 0.3) is 5.91 Å². The summed E-state index contributed by atoms with van der Waals surface area (Å²) in [6.45, 7) is 10.4. The molecule has 2 saturated carbocycles. The summed E-state index contributed by atoms with van der Waals surface area (Å²) in [6.07, 6.45) is 13.4. The number of hydrogen-bond donors (Lipinski definition) is 3. The molecule has 3 heterocycles. The predicted molar refractivity (Wildman–Crippen MR) is 216 cm³/mol. The third-order valence-electron chi connectivity index (χ3n) is 10.8. The molecule has 2 aliphatic heterocycles. The zero-order chi connectivity index (χ0) is 39.8. The van der Waals surface area contributed by atoms with E-state index >= 15 is 0 Å². The monoisotopic (exact) mass is 779 g/mol. The number of ether oxygens (including phenoxy) is 3. The van der Waals surface area contributed by atoms with Crippen molar-refractivity contribution in [2.24, 2.45) is 0 Å². The molecule has 4 atom stereocenters. The van der Waals surface area contributed by atoms with Crippen molar-refractivity contribution in [2.45, 2.75) is 152 Å². The summed E-state index contributed by atoms with van der Waals surface area (Å²) < 4.78 is 20.3. The number of carbonyl (C=O) groups is 4. The van der Waals surface area contributed by atoms with Crippen LogP contribution in [0.1, 0.15) is 122 Å². The van der Waals surface area contributed by atoms with E-state index in [2.05, 4.69) is 35.3 Å². The molecule has 1 saturated heterocycles. The molecular weight excluding hydrogens is 719 g/mol. The SMILES string of the molecule is CCc1c(OC2CC3C(=O)NC(C(=O)NSC4(C)CC4)C/C=C\CCCCC[C@H](NC=O)C(=O)N3C2)c(C2CC2)nc2ccc(OC)cc12.COC(C)(C)C. The number of rotatable bonds is 10. The van der Waals surface area contributed by atoms with E-state index in [1.54, 1.807) is 19.1 Å². The standard InChI is InChI=1S/C37H49N5O6S.C5H12O/c1-4-26-27-19-24(47-3)15-16-28(27)39-32(23-13-14-23)33(26)48-25-20-31-35(45)40-29(34(44)41-49-37(2)17-18-37)11-9-7-5-6-8-10-12-30(38-22-43)36(46)42(31)21-25;1-5(2,3)6-4/h7,9,15-16,19,22-23,25,29-31H,4-6,8,10-14,17-18,20-21H2,1-3H3,(H,38,43)(H,40,45)(H,41,44);1-4H3/b9-7-;/t25?,29?,30-,31?;/m0./s1. The third-order valence-corrected chi connectivity index (χ3v) is 12.0. The van der Waals surface area contributed by atoms with E-state index in [4.69, 9.17) is 19.2 Å². The number of aryl methyl sites for hydroxylation is 1. The van der Waals surface area contributed by atoms with Gasteiger partial charge in [0.2, 0.25) is 18.2 Å². The minimum absolute atomic E-state index is 0.0363. The topological polar surface area (TPSA) is 148 Å². The molecule has 0 spiro atoms. The lowest BCUT2D eigenvalue weighted by molar-refractivity contribution is -0.141. The lowest BCUT2D eigenvalue weighted by Crippen LogP contribution is -2.55. The smallest absolute Gasteiger partial charge is 0.252 e. The number of pyridine rings is 1. The molecule has 1 aromatic heterocycles. The molecule has 3 unspecified atom stereocenters. The van der Waals surface area contributed by atoms with E-state index in [0.717, 1.165) is 85.0 Å². The molecule has 13 heteroatoms. The molecule has 6 rings (SSSR count). The predicted octanol–water partition coefficient (Wildman–Crippen LogP) is 6.29. The van der Waals surface area contributed by atoms with Gasteiger partial charge in [0.05, 0.1) is 30.5 Å². The van der Waals surface area contributed by atoms with Crippen LogP contribution in [-0.2, 0) is 30.3 Å². The number of allylic oxidation sites excluding steroid dienone is 1. The third kappa shape index (κ3) is 11.6. The van der Waals surface area contributed by atoms with Crippen molar-refractivity contribution >= 4 is 47.0 Å². The van der Waals surface area contributed by atoms with Gasteiger partial charge in [-0.25, -0.2) is 4.98 Å². The molecular formula is C42H61N5O7S. The van der Waals surface area contributed by atoms with Crippen LogP contribution in [0.25, 0.3) is 10.9 Å². The van der Waals surface area contributed by atoms with Crippen LogP contribution in [-0.4, -0.2) is 89.4 Å². The maximum absolute atomic E-state index is 14.1. The zero-order valence-electron chi connectivity index (χ0n) is 33.7. The second-order valence-electron chi connectivity index (χ2n) is 16.4. The van der Waals surface area contributed by atoms with E-state index in [0.29, 0.717) is 31.6 Å². The fourth-order valence-corrected chi connectivity index (χ4v) is 7.61. The Labute approximate surface area is 330 Å². The highest BCUT2D eigenvalue weighted by Gasteiger charge is 2.45. The maximum Gasteiger partial charge on any atom is 0.252 e. The Hall–Kier alpha value is -3.84. The van der Waals surface area contributed by atoms with Crippen molar-refractivity contribution in [3.8, 4) is 11.5 Å². The van der Waals surface area contributed by atoms with Crippen LogP contribution in [0.3, 0.4) is 0 Å². The average molecular weight is 780 g/mol. The number of aromatic nitrogens is 1. The van der Waals surface area contributed by atoms with Gasteiger partial charge in [-0.2, -0.15) is 0 Å². The first-order valence-electron chi connectivity index (χ1n) is 20.0. The lowest BCUT2D eigenvalue weighted by atomic mass is 10.0. The summed E-state index contributed by atoms with van der Waals surface area (Å²) in [4.78, 5) is 59.9. The Kier molecular flexibility index (Phi) is 14.5. The van der Waals surface area contributed by atoms with Gasteiger partial charge in [0, 0.05) is 35.1 Å². The molecule has 3 N–H and O–H groups in total. The maximum atomic E-state index is 14.1. The van der Waals surface area contributed by atoms with E-state index in [1.165, 1.54) is 11.9 Å². The van der Waals surface area contributed by atoms with Gasteiger partial charge in [0.15, 0.2) is 0 Å². The minimum atomic E-state index is -0.880. The van der Waals surface area contributed by atoms with Crippen molar-refractivity contribution in [3.05, 3.63) is 41.6 Å². The largest absolute Gasteiger partial charge is 0.497 e. The summed E-state index contributed by atoms with van der Waals surface area (Å²) >= 11 is 1.41. The summed E-state index contributed by atoms with van der Waals surface area (Å²) in [5.74, 6) is 0.771. The summed E-state index contributed by atoms with van der Waals surface area (Å²) in [5.41, 5.74) is 2.87. The van der Waals surface area contributed by atoms with Gasteiger partial charge in [-0.1, -0.05) is 31.9 Å². The fraction of sp³-hybridized carbons (Fsp3) is 0.643. The number of fused-ring (bicyclic) bond motifs is 2. The highest BCUT2D eigenvalue weighted by atomic mass is 32.2. The van der Waals surface area contributed by atoms with Crippen molar-refractivity contribution in [1.29, 1.82) is 0 Å². The van der Waals surface area contributed by atoms with Crippen LogP contribution in [0.2, 0.25) is 0 Å². The first-order valence-corrected chi connectivity index (χ1v) is 20.8. The fourth-order valence-electron chi connectivity index (χ4n) is 6.82. The van der Waals surface area contributed by atoms with Crippen LogP contribution in [0.4, 0.5) is 0 Å². The average Bonchev–Trinajstić information content (AvgIpc) is 4.10. The highest BCUT2D eigenvalue weighted by Crippen LogP contribution is 2.47. The molecule has 12 nitrogen and oxygen atoms in total. The molecule has 302 valence electrons. The molecule has 4 aliphatic rings. The van der Waals surface area contributed by atoms with E-state index in [1.807, 2.05) is 45.0 Å². The normalized spacial score (nSPS) is 24.9. The summed E-state index contributed by atoms with van der Waals surface area (Å²) in [7, 11) is 3.35. The first-order chi connectivity index (χ1) is 26.3. The quantitative estimate of drug-likeness (QED) is 0.144. The molecule has 0 radical (unpaired) electrons. The Morgan fingerprint density at radius 2 is 1.85 bits per heavy atom. The second kappa shape index (κ2) is 18.9. The minimum Gasteiger partial charge on any atom is -0.497 e. The van der Waals surface area contributed by atoms with E-state index in [9.17, 15) is 19.2 Å². The summed E-state index contributed by atoms with van der Waals surface area (Å²) in [5, 5.41) is 6.66. The Balaban J connectivity index is 0.000000895. The molecule has 2 aliphatic carbocycles. The number of hydrogen-bond acceptors (Lipinski definition) is 9. The zero-order valence-corrected chi connectivity index (χ0v) is 34.5. The van der Waals surface area contributed by atoms with Gasteiger partial charge < -0.3 is 29.7 Å². The van der Waals surface area contributed by atoms with Crippen molar-refractivity contribution in [3.63, 3.8) is 0 Å². The van der Waals surface area contributed by atoms with Crippen LogP contribution in [0.5, 0.6) is 11.5 Å². The molecule has 0 bridgehead atoms. The van der Waals surface area contributed by atoms with Gasteiger partial charge >= 0.3 is 0 Å². The first kappa shape index (κ1) is 42.3. The van der Waals surface area contributed by atoms with Crippen LogP contribution < -0.4 is 24.8 Å². The number of benzene rings is 1. The van der Waals surface area contributed by atoms with Crippen LogP contribution in [0, 0.1) is 0 Å². The number of nitrogens with zero attached hydrogens (tertiary/aromatic N) is 2. The number of amides is 4. The molecule has 3 fully saturated rings. The summed E-state index contributed by atoms with van der Waals surface area (Å²) in [6, 6.07) is 3.44. The van der Waals surface area contributed by atoms with E-state index < -0.39 is 30.1 Å². The van der Waals surface area contributed by atoms with Crippen molar-refractivity contribution in [1.82, 2.24) is 25.2 Å². The number of methoxy groups -OCH3 is 2. The molecule has 1 aromatic carbocycles. The van der Waals surface area contributed by atoms with Crippen molar-refractivity contribution in [2.75, 3.05) is 20.8 Å². The van der Waals surface area contributed by atoms with Gasteiger partial charge in [0.1, 0.15) is 35.7 Å². The van der Waals surface area contributed by atoms with Crippen LogP contribution >= 0.6 is 11.9 Å². The molecule has 55 heavy (non-hydrogen) atoms. The Morgan fingerprint density at radius 3 is 2.49 bits per heavy atom. The second-order valence-corrected chi connectivity index (χ2v) is 17.8. The number of carbonyl (C=O) groups excluding carboxylic acids is 4. The number of nitrogens with one attached hydrogen (secondary N) is 3. The molecule has 4 amide bonds. The van der Waals surface area contributed by atoms with Gasteiger partial charge in [-0.3, -0.25) is 23.9 Å². The molecule has 2 aromatic rings. The van der Waals surface area contributed by atoms with E-state index in [-0.39, 0.29) is 35.1 Å². The Morgan fingerprint density at radius 1 is 1.11 bits per heavy atom. The Bertz CT molecular complexity index is 1700. The van der Waals surface area contributed by atoms with Gasteiger partial charge in [-0.05, 0) is 116 Å².